The number of sulfonamides is 1. The van der Waals surface area contributed by atoms with E-state index in [1.807, 2.05) is 0 Å². The zero-order chi connectivity index (χ0) is 18.2. The van der Waals surface area contributed by atoms with Gasteiger partial charge in [0, 0.05) is 12.7 Å². The molecular formula is C15H14Cl2N4O3S. The van der Waals surface area contributed by atoms with Gasteiger partial charge in [0.2, 0.25) is 15.8 Å². The second-order valence-electron chi connectivity index (χ2n) is 5.62. The second-order valence-corrected chi connectivity index (χ2v) is 8.40. The van der Waals surface area contributed by atoms with Crippen molar-refractivity contribution in [1.29, 1.82) is 0 Å². The van der Waals surface area contributed by atoms with Crippen molar-refractivity contribution in [2.75, 3.05) is 6.54 Å². The van der Waals surface area contributed by atoms with Crippen molar-refractivity contribution in [3.8, 4) is 0 Å². The summed E-state index contributed by atoms with van der Waals surface area (Å²) in [5, 5.41) is 0.669. The van der Waals surface area contributed by atoms with Crippen molar-refractivity contribution in [3.63, 3.8) is 0 Å². The highest BCUT2D eigenvalue weighted by Crippen LogP contribution is 2.25. The van der Waals surface area contributed by atoms with Crippen molar-refractivity contribution in [2.24, 2.45) is 5.73 Å². The lowest BCUT2D eigenvalue weighted by atomic mass is 10.1. The maximum Gasteiger partial charge on any atom is 0.286 e. The van der Waals surface area contributed by atoms with E-state index in [0.717, 1.165) is 5.56 Å². The van der Waals surface area contributed by atoms with Crippen LogP contribution < -0.4 is 5.73 Å². The standard InChI is InChI=1S/C15H14Cl2N4O3S/c16-11-2-1-9(5-12(11)17)8-25(23,24)21-4-3-10-6-19-15(14(18)22)20-13(10)7-21/h1-2,5-6H,3-4,7-8H2,(H2,18,22). The molecule has 0 saturated heterocycles. The maximum atomic E-state index is 12.7. The SMILES string of the molecule is NC(=O)c1ncc2c(n1)CN(S(=O)(=O)Cc1ccc(Cl)c(Cl)c1)CC2. The molecule has 0 aliphatic carbocycles. The van der Waals surface area contributed by atoms with Crippen molar-refractivity contribution >= 4 is 39.1 Å². The topological polar surface area (TPSA) is 106 Å². The van der Waals surface area contributed by atoms with E-state index in [0.29, 0.717) is 34.3 Å². The highest BCUT2D eigenvalue weighted by molar-refractivity contribution is 7.88. The van der Waals surface area contributed by atoms with Crippen LogP contribution in [0.15, 0.2) is 24.4 Å². The van der Waals surface area contributed by atoms with Gasteiger partial charge in [0.15, 0.2) is 0 Å². The van der Waals surface area contributed by atoms with Gasteiger partial charge in [0.1, 0.15) is 0 Å². The quantitative estimate of drug-likeness (QED) is 0.841. The number of carbonyl (C=O) groups excluding carboxylic acids is 1. The monoisotopic (exact) mass is 400 g/mol. The van der Waals surface area contributed by atoms with Crippen LogP contribution in [0.1, 0.15) is 27.4 Å². The lowest BCUT2D eigenvalue weighted by molar-refractivity contribution is 0.0990. The minimum absolute atomic E-state index is 0.0712. The van der Waals surface area contributed by atoms with Crippen LogP contribution >= 0.6 is 23.2 Å². The summed E-state index contributed by atoms with van der Waals surface area (Å²) < 4.78 is 26.7. The van der Waals surface area contributed by atoms with Crippen LogP contribution in [-0.4, -0.2) is 35.1 Å². The fourth-order valence-corrected chi connectivity index (χ4v) is 4.36. The molecule has 25 heavy (non-hydrogen) atoms. The number of rotatable bonds is 4. The molecule has 1 aliphatic heterocycles. The van der Waals surface area contributed by atoms with E-state index in [1.165, 1.54) is 16.6 Å². The van der Waals surface area contributed by atoms with Gasteiger partial charge in [0.25, 0.3) is 5.91 Å². The molecule has 3 rings (SSSR count). The van der Waals surface area contributed by atoms with E-state index in [1.54, 1.807) is 12.1 Å². The largest absolute Gasteiger partial charge is 0.363 e. The van der Waals surface area contributed by atoms with Gasteiger partial charge in [-0.3, -0.25) is 4.79 Å². The van der Waals surface area contributed by atoms with Gasteiger partial charge >= 0.3 is 0 Å². The van der Waals surface area contributed by atoms with Gasteiger partial charge in [-0.05, 0) is 29.7 Å². The van der Waals surface area contributed by atoms with Crippen LogP contribution in [0, 0.1) is 0 Å². The Kier molecular flexibility index (Phi) is 4.97. The third kappa shape index (κ3) is 3.92. The Hall–Kier alpha value is -1.74. The average Bonchev–Trinajstić information content (AvgIpc) is 2.57. The van der Waals surface area contributed by atoms with Crippen molar-refractivity contribution in [3.05, 3.63) is 57.1 Å². The normalized spacial score (nSPS) is 15.0. The molecule has 2 heterocycles. The first-order chi connectivity index (χ1) is 11.8. The molecule has 0 unspecified atom stereocenters. The van der Waals surface area contributed by atoms with Crippen molar-refractivity contribution < 1.29 is 13.2 Å². The number of primary amides is 1. The summed E-state index contributed by atoms with van der Waals surface area (Å²) in [5.74, 6) is -1.08. The van der Waals surface area contributed by atoms with Gasteiger partial charge in [-0.1, -0.05) is 29.3 Å². The van der Waals surface area contributed by atoms with Gasteiger partial charge in [-0.15, -0.1) is 0 Å². The molecule has 0 radical (unpaired) electrons. The molecule has 0 atom stereocenters. The number of hydrogen-bond acceptors (Lipinski definition) is 5. The lowest BCUT2D eigenvalue weighted by Crippen LogP contribution is -2.37. The predicted molar refractivity (Wildman–Crippen MR) is 93.7 cm³/mol. The van der Waals surface area contributed by atoms with Gasteiger partial charge in [0.05, 0.1) is 28.0 Å². The third-order valence-electron chi connectivity index (χ3n) is 3.86. The molecular weight excluding hydrogens is 387 g/mol. The Balaban J connectivity index is 1.83. The molecule has 10 heteroatoms. The Morgan fingerprint density at radius 2 is 2.04 bits per heavy atom. The predicted octanol–water partition coefficient (Wildman–Crippen LogP) is 1.77. The molecule has 1 amide bonds. The van der Waals surface area contributed by atoms with Gasteiger partial charge < -0.3 is 5.73 Å². The summed E-state index contributed by atoms with van der Waals surface area (Å²) >= 11 is 11.8. The number of fused-ring (bicyclic) bond motifs is 1. The Morgan fingerprint density at radius 3 is 2.72 bits per heavy atom. The highest BCUT2D eigenvalue weighted by atomic mass is 35.5. The van der Waals surface area contributed by atoms with E-state index >= 15 is 0 Å². The van der Waals surface area contributed by atoms with Crippen LogP contribution in [0.3, 0.4) is 0 Å². The number of nitrogens with two attached hydrogens (primary N) is 1. The first kappa shape index (κ1) is 18.1. The molecule has 0 bridgehead atoms. The molecule has 0 fully saturated rings. The summed E-state index contributed by atoms with van der Waals surface area (Å²) in [6, 6.07) is 4.72. The molecule has 1 aliphatic rings. The van der Waals surface area contributed by atoms with Crippen LogP contribution in [0.2, 0.25) is 10.0 Å². The fraction of sp³-hybridized carbons (Fsp3) is 0.267. The number of hydrogen-bond donors (Lipinski definition) is 1. The molecule has 2 aromatic rings. The maximum absolute atomic E-state index is 12.7. The minimum Gasteiger partial charge on any atom is -0.363 e. The summed E-state index contributed by atoms with van der Waals surface area (Å²) in [6.45, 7) is 0.387. The summed E-state index contributed by atoms with van der Waals surface area (Å²) in [6.07, 6.45) is 1.99. The first-order valence-corrected chi connectivity index (χ1v) is 9.69. The Labute approximate surface area is 154 Å². The second kappa shape index (κ2) is 6.87. The molecule has 1 aromatic heterocycles. The van der Waals surface area contributed by atoms with E-state index in [9.17, 15) is 13.2 Å². The van der Waals surface area contributed by atoms with E-state index in [2.05, 4.69) is 9.97 Å². The Morgan fingerprint density at radius 1 is 1.28 bits per heavy atom. The zero-order valence-electron chi connectivity index (χ0n) is 12.9. The van der Waals surface area contributed by atoms with Crippen molar-refractivity contribution in [1.82, 2.24) is 14.3 Å². The summed E-state index contributed by atoms with van der Waals surface area (Å²) in [4.78, 5) is 19.2. The van der Waals surface area contributed by atoms with Gasteiger partial charge in [-0.25, -0.2) is 18.4 Å². The number of halogens is 2. The van der Waals surface area contributed by atoms with E-state index in [-0.39, 0.29) is 18.1 Å². The molecule has 0 saturated carbocycles. The number of carbonyl (C=O) groups is 1. The van der Waals surface area contributed by atoms with Crippen LogP contribution in [-0.2, 0) is 28.7 Å². The fourth-order valence-electron chi connectivity index (χ4n) is 2.57. The van der Waals surface area contributed by atoms with Crippen LogP contribution in [0.5, 0.6) is 0 Å². The number of aromatic nitrogens is 2. The number of amides is 1. The summed E-state index contributed by atoms with van der Waals surface area (Å²) in [5.41, 5.74) is 7.02. The average molecular weight is 401 g/mol. The van der Waals surface area contributed by atoms with Crippen LogP contribution in [0.4, 0.5) is 0 Å². The summed E-state index contributed by atoms with van der Waals surface area (Å²) in [7, 11) is -3.59. The van der Waals surface area contributed by atoms with E-state index in [4.69, 9.17) is 28.9 Å². The third-order valence-corrected chi connectivity index (χ3v) is 6.39. The first-order valence-electron chi connectivity index (χ1n) is 7.32. The molecule has 132 valence electrons. The number of benzene rings is 1. The molecule has 1 aromatic carbocycles. The molecule has 0 spiro atoms. The lowest BCUT2D eigenvalue weighted by Gasteiger charge is -2.27. The highest BCUT2D eigenvalue weighted by Gasteiger charge is 2.28. The zero-order valence-corrected chi connectivity index (χ0v) is 15.3. The van der Waals surface area contributed by atoms with Crippen molar-refractivity contribution in [2.45, 2.75) is 18.7 Å². The van der Waals surface area contributed by atoms with Gasteiger partial charge in [-0.2, -0.15) is 4.31 Å². The minimum atomic E-state index is -3.59. The number of nitrogens with zero attached hydrogens (tertiary/aromatic N) is 3. The van der Waals surface area contributed by atoms with E-state index < -0.39 is 15.9 Å². The Bertz CT molecular complexity index is 950. The smallest absolute Gasteiger partial charge is 0.286 e. The molecule has 7 nitrogen and oxygen atoms in total. The molecule has 2 N–H and O–H groups in total. The van der Waals surface area contributed by atoms with Crippen LogP contribution in [0.25, 0.3) is 0 Å².